The minimum Gasteiger partial charge on any atom is -0.337 e. The Kier molecular flexibility index (Phi) is 5.70. The highest BCUT2D eigenvalue weighted by molar-refractivity contribution is 5.94. The van der Waals surface area contributed by atoms with Crippen molar-refractivity contribution in [2.75, 3.05) is 19.6 Å². The number of amides is 1. The first-order chi connectivity index (χ1) is 8.22. The zero-order valence-electron chi connectivity index (χ0n) is 10.8. The highest BCUT2D eigenvalue weighted by atomic mass is 16.2. The van der Waals surface area contributed by atoms with E-state index in [2.05, 4.69) is 13.8 Å². The molecule has 0 radical (unpaired) electrons. The number of carbonyl (C=O) groups excluding carboxylic acids is 1. The standard InChI is InChI=1S/C14H22N2O/c1-3-10-16(11-9-15)14(17)13-7-5-12(4-2)6-8-13/h5-8H,3-4,9-11,15H2,1-2H3. The molecule has 0 atom stereocenters. The van der Waals surface area contributed by atoms with Crippen LogP contribution in [0.15, 0.2) is 24.3 Å². The van der Waals surface area contributed by atoms with E-state index in [0.29, 0.717) is 13.1 Å². The molecule has 0 aliphatic rings. The van der Waals surface area contributed by atoms with Crippen molar-refractivity contribution in [1.82, 2.24) is 4.90 Å². The van der Waals surface area contributed by atoms with Crippen molar-refractivity contribution >= 4 is 5.91 Å². The van der Waals surface area contributed by atoms with Crippen LogP contribution in [-0.4, -0.2) is 30.4 Å². The molecule has 1 amide bonds. The maximum atomic E-state index is 12.2. The summed E-state index contributed by atoms with van der Waals surface area (Å²) in [6, 6.07) is 7.83. The summed E-state index contributed by atoms with van der Waals surface area (Å²) in [6.45, 7) is 6.08. The van der Waals surface area contributed by atoms with Gasteiger partial charge in [0.15, 0.2) is 0 Å². The second kappa shape index (κ2) is 7.07. The second-order valence-corrected chi connectivity index (χ2v) is 4.13. The Morgan fingerprint density at radius 2 is 1.82 bits per heavy atom. The molecule has 0 unspecified atom stereocenters. The van der Waals surface area contributed by atoms with Crippen LogP contribution in [0.1, 0.15) is 36.2 Å². The van der Waals surface area contributed by atoms with E-state index in [-0.39, 0.29) is 5.91 Å². The van der Waals surface area contributed by atoms with Gasteiger partial charge in [-0.25, -0.2) is 0 Å². The fraction of sp³-hybridized carbons (Fsp3) is 0.500. The molecule has 1 aromatic carbocycles. The molecule has 1 aromatic rings. The topological polar surface area (TPSA) is 46.3 Å². The molecule has 0 heterocycles. The number of aryl methyl sites for hydroxylation is 1. The Morgan fingerprint density at radius 3 is 2.29 bits per heavy atom. The molecular formula is C14H22N2O. The highest BCUT2D eigenvalue weighted by Crippen LogP contribution is 2.08. The molecule has 0 aliphatic heterocycles. The van der Waals surface area contributed by atoms with E-state index in [1.807, 2.05) is 29.2 Å². The maximum absolute atomic E-state index is 12.2. The number of nitrogens with two attached hydrogens (primary N) is 1. The van der Waals surface area contributed by atoms with Crippen LogP contribution in [0.4, 0.5) is 0 Å². The van der Waals surface area contributed by atoms with Gasteiger partial charge in [-0.3, -0.25) is 4.79 Å². The van der Waals surface area contributed by atoms with E-state index in [1.54, 1.807) is 0 Å². The van der Waals surface area contributed by atoms with Gasteiger partial charge in [-0.05, 0) is 30.5 Å². The van der Waals surface area contributed by atoms with Gasteiger partial charge in [0.25, 0.3) is 5.91 Å². The van der Waals surface area contributed by atoms with Crippen LogP contribution >= 0.6 is 0 Å². The van der Waals surface area contributed by atoms with Crippen molar-refractivity contribution in [3.8, 4) is 0 Å². The fourth-order valence-corrected chi connectivity index (χ4v) is 1.81. The van der Waals surface area contributed by atoms with Crippen LogP contribution in [0.5, 0.6) is 0 Å². The average molecular weight is 234 g/mol. The van der Waals surface area contributed by atoms with Gasteiger partial charge in [-0.2, -0.15) is 0 Å². The molecule has 1 rings (SSSR count). The van der Waals surface area contributed by atoms with E-state index >= 15 is 0 Å². The summed E-state index contributed by atoms with van der Waals surface area (Å²) in [7, 11) is 0. The summed E-state index contributed by atoms with van der Waals surface area (Å²) >= 11 is 0. The van der Waals surface area contributed by atoms with Crippen molar-refractivity contribution in [3.05, 3.63) is 35.4 Å². The van der Waals surface area contributed by atoms with E-state index < -0.39 is 0 Å². The molecule has 2 N–H and O–H groups in total. The van der Waals surface area contributed by atoms with Gasteiger partial charge < -0.3 is 10.6 Å². The summed E-state index contributed by atoms with van der Waals surface area (Å²) in [5, 5.41) is 0. The summed E-state index contributed by atoms with van der Waals surface area (Å²) in [4.78, 5) is 14.0. The first kappa shape index (κ1) is 13.7. The zero-order chi connectivity index (χ0) is 12.7. The number of rotatable bonds is 6. The van der Waals surface area contributed by atoms with Crippen LogP contribution in [0.2, 0.25) is 0 Å². The van der Waals surface area contributed by atoms with Crippen LogP contribution in [0.25, 0.3) is 0 Å². The van der Waals surface area contributed by atoms with Crippen LogP contribution in [0.3, 0.4) is 0 Å². The number of benzene rings is 1. The number of carbonyl (C=O) groups is 1. The first-order valence-electron chi connectivity index (χ1n) is 6.31. The SMILES string of the molecule is CCCN(CCN)C(=O)c1ccc(CC)cc1. The predicted octanol–water partition coefficient (Wildman–Crippen LogP) is 2.06. The van der Waals surface area contributed by atoms with Crippen molar-refractivity contribution in [2.24, 2.45) is 5.73 Å². The Hall–Kier alpha value is -1.35. The summed E-state index contributed by atoms with van der Waals surface area (Å²) in [5.74, 6) is 0.0833. The molecular weight excluding hydrogens is 212 g/mol. The van der Waals surface area contributed by atoms with Crippen LogP contribution in [0, 0.1) is 0 Å². The second-order valence-electron chi connectivity index (χ2n) is 4.13. The summed E-state index contributed by atoms with van der Waals surface area (Å²) < 4.78 is 0. The lowest BCUT2D eigenvalue weighted by molar-refractivity contribution is 0.0760. The molecule has 0 fully saturated rings. The van der Waals surface area contributed by atoms with Gasteiger partial charge in [0.05, 0.1) is 0 Å². The monoisotopic (exact) mass is 234 g/mol. The minimum atomic E-state index is 0.0833. The van der Waals surface area contributed by atoms with Crippen molar-refractivity contribution in [3.63, 3.8) is 0 Å². The van der Waals surface area contributed by atoms with Crippen molar-refractivity contribution in [1.29, 1.82) is 0 Å². The number of hydrogen-bond donors (Lipinski definition) is 1. The van der Waals surface area contributed by atoms with E-state index in [0.717, 1.165) is 24.9 Å². The summed E-state index contributed by atoms with van der Waals surface area (Å²) in [5.41, 5.74) is 7.53. The first-order valence-corrected chi connectivity index (χ1v) is 6.31. The summed E-state index contributed by atoms with van der Waals surface area (Å²) in [6.07, 6.45) is 1.95. The zero-order valence-corrected chi connectivity index (χ0v) is 10.8. The van der Waals surface area contributed by atoms with Crippen molar-refractivity contribution in [2.45, 2.75) is 26.7 Å². The fourth-order valence-electron chi connectivity index (χ4n) is 1.81. The van der Waals surface area contributed by atoms with E-state index in [1.165, 1.54) is 5.56 Å². The van der Waals surface area contributed by atoms with Gasteiger partial charge in [-0.15, -0.1) is 0 Å². The lowest BCUT2D eigenvalue weighted by Gasteiger charge is -2.21. The van der Waals surface area contributed by atoms with Gasteiger partial charge in [0.2, 0.25) is 0 Å². The molecule has 0 aromatic heterocycles. The van der Waals surface area contributed by atoms with Gasteiger partial charge in [0, 0.05) is 25.2 Å². The molecule has 0 bridgehead atoms. The maximum Gasteiger partial charge on any atom is 0.253 e. The molecule has 0 aliphatic carbocycles. The van der Waals surface area contributed by atoms with E-state index in [4.69, 9.17) is 5.73 Å². The Morgan fingerprint density at radius 1 is 1.18 bits per heavy atom. The Bertz CT molecular complexity index is 340. The molecule has 0 spiro atoms. The molecule has 94 valence electrons. The van der Waals surface area contributed by atoms with E-state index in [9.17, 15) is 4.79 Å². The van der Waals surface area contributed by atoms with Gasteiger partial charge >= 0.3 is 0 Å². The lowest BCUT2D eigenvalue weighted by Crippen LogP contribution is -2.35. The third kappa shape index (κ3) is 3.86. The quantitative estimate of drug-likeness (QED) is 0.819. The minimum absolute atomic E-state index is 0.0833. The molecule has 3 heteroatoms. The van der Waals surface area contributed by atoms with Crippen molar-refractivity contribution < 1.29 is 4.79 Å². The highest BCUT2D eigenvalue weighted by Gasteiger charge is 2.13. The third-order valence-corrected chi connectivity index (χ3v) is 2.79. The average Bonchev–Trinajstić information content (AvgIpc) is 2.38. The van der Waals surface area contributed by atoms with Gasteiger partial charge in [-0.1, -0.05) is 26.0 Å². The largest absolute Gasteiger partial charge is 0.337 e. The van der Waals surface area contributed by atoms with Gasteiger partial charge in [0.1, 0.15) is 0 Å². The van der Waals surface area contributed by atoms with Crippen LogP contribution in [-0.2, 0) is 6.42 Å². The molecule has 3 nitrogen and oxygen atoms in total. The lowest BCUT2D eigenvalue weighted by atomic mass is 10.1. The Labute approximate surface area is 104 Å². The smallest absolute Gasteiger partial charge is 0.253 e. The third-order valence-electron chi connectivity index (χ3n) is 2.79. The number of hydrogen-bond acceptors (Lipinski definition) is 2. The molecule has 0 saturated heterocycles. The molecule has 0 saturated carbocycles. The Balaban J connectivity index is 2.77. The normalized spacial score (nSPS) is 10.3. The number of nitrogens with zero attached hydrogens (tertiary/aromatic N) is 1. The predicted molar refractivity (Wildman–Crippen MR) is 71.1 cm³/mol. The van der Waals surface area contributed by atoms with Crippen LogP contribution < -0.4 is 5.73 Å². The molecule has 17 heavy (non-hydrogen) atoms.